The second kappa shape index (κ2) is 6.83. The van der Waals surface area contributed by atoms with Gasteiger partial charge < -0.3 is 14.7 Å². The van der Waals surface area contributed by atoms with E-state index in [-0.39, 0.29) is 12.5 Å². The third-order valence-corrected chi connectivity index (χ3v) is 5.31. The summed E-state index contributed by atoms with van der Waals surface area (Å²) in [7, 11) is 0. The Labute approximate surface area is 142 Å². The Kier molecular flexibility index (Phi) is 4.78. The summed E-state index contributed by atoms with van der Waals surface area (Å²) in [4.78, 5) is 25.5. The maximum Gasteiger partial charge on any atom is 0.341 e. The summed E-state index contributed by atoms with van der Waals surface area (Å²) in [6, 6.07) is 3.63. The van der Waals surface area contributed by atoms with Gasteiger partial charge in [-0.05, 0) is 61.8 Å². The van der Waals surface area contributed by atoms with Crippen molar-refractivity contribution in [3.8, 4) is 5.75 Å². The van der Waals surface area contributed by atoms with Crippen LogP contribution in [-0.4, -0.2) is 41.6 Å². The molecule has 5 nitrogen and oxygen atoms in total. The van der Waals surface area contributed by atoms with Crippen LogP contribution in [-0.2, 0) is 4.79 Å². The molecule has 2 fully saturated rings. The highest BCUT2D eigenvalue weighted by Crippen LogP contribution is 2.37. The van der Waals surface area contributed by atoms with Gasteiger partial charge in [-0.25, -0.2) is 4.79 Å². The Balaban J connectivity index is 1.74. The molecule has 1 N–H and O–H groups in total. The van der Waals surface area contributed by atoms with E-state index in [0.717, 1.165) is 24.2 Å². The highest BCUT2D eigenvalue weighted by atomic mass is 16.5. The number of aliphatic carboxylic acids is 1. The zero-order valence-corrected chi connectivity index (χ0v) is 14.4. The van der Waals surface area contributed by atoms with E-state index in [2.05, 4.69) is 0 Å². The number of aryl methyl sites for hydroxylation is 2. The van der Waals surface area contributed by atoms with Gasteiger partial charge in [-0.2, -0.15) is 0 Å². The van der Waals surface area contributed by atoms with Gasteiger partial charge in [0, 0.05) is 18.7 Å². The lowest BCUT2D eigenvalue weighted by molar-refractivity contribution is -0.139. The van der Waals surface area contributed by atoms with E-state index < -0.39 is 5.97 Å². The van der Waals surface area contributed by atoms with Crippen LogP contribution in [0.1, 0.15) is 47.2 Å². The zero-order chi connectivity index (χ0) is 17.3. The molecule has 0 aromatic heterocycles. The zero-order valence-electron chi connectivity index (χ0n) is 14.4. The number of amides is 1. The van der Waals surface area contributed by atoms with Crippen LogP contribution in [0.5, 0.6) is 5.75 Å². The minimum absolute atomic E-state index is 0.0837. The Morgan fingerprint density at radius 3 is 2.17 bits per heavy atom. The van der Waals surface area contributed by atoms with Crippen molar-refractivity contribution in [3.05, 3.63) is 28.8 Å². The molecular weight excluding hydrogens is 306 g/mol. The van der Waals surface area contributed by atoms with Crippen molar-refractivity contribution >= 4 is 11.9 Å². The molecule has 2 aliphatic rings. The van der Waals surface area contributed by atoms with E-state index >= 15 is 0 Å². The summed E-state index contributed by atoms with van der Waals surface area (Å²) in [6.07, 6.45) is 5.07. The highest BCUT2D eigenvalue weighted by molar-refractivity contribution is 5.95. The average Bonchev–Trinajstić information content (AvgIpc) is 2.96. The number of carbonyl (C=O) groups is 2. The van der Waals surface area contributed by atoms with Crippen LogP contribution < -0.4 is 4.74 Å². The summed E-state index contributed by atoms with van der Waals surface area (Å²) < 4.78 is 5.34. The van der Waals surface area contributed by atoms with Crippen molar-refractivity contribution < 1.29 is 19.4 Å². The molecule has 1 aromatic rings. The summed E-state index contributed by atoms with van der Waals surface area (Å²) in [5.74, 6) is 0.976. The number of hydrogen-bond acceptors (Lipinski definition) is 3. The molecule has 1 amide bonds. The van der Waals surface area contributed by atoms with Crippen LogP contribution in [0.4, 0.5) is 0 Å². The van der Waals surface area contributed by atoms with E-state index in [1.165, 1.54) is 25.7 Å². The molecule has 1 heterocycles. The molecule has 1 saturated carbocycles. The fraction of sp³-hybridized carbons (Fsp3) is 0.579. The van der Waals surface area contributed by atoms with Gasteiger partial charge in [0.1, 0.15) is 5.75 Å². The van der Waals surface area contributed by atoms with E-state index in [1.54, 1.807) is 0 Å². The van der Waals surface area contributed by atoms with Gasteiger partial charge in [0.25, 0.3) is 5.91 Å². The lowest BCUT2D eigenvalue weighted by Crippen LogP contribution is -2.29. The molecule has 2 unspecified atom stereocenters. The quantitative estimate of drug-likeness (QED) is 0.921. The second-order valence-electron chi connectivity index (χ2n) is 7.14. The molecule has 3 rings (SSSR count). The summed E-state index contributed by atoms with van der Waals surface area (Å²) >= 11 is 0. The third kappa shape index (κ3) is 3.40. The lowest BCUT2D eigenvalue weighted by atomic mass is 9.82. The molecule has 0 radical (unpaired) electrons. The number of fused-ring (bicyclic) bond motifs is 1. The minimum atomic E-state index is -1.01. The van der Waals surface area contributed by atoms with Crippen LogP contribution in [0, 0.1) is 25.7 Å². The van der Waals surface area contributed by atoms with Gasteiger partial charge in [-0.3, -0.25) is 4.79 Å². The Bertz CT molecular complexity index is 618. The number of benzene rings is 1. The van der Waals surface area contributed by atoms with Gasteiger partial charge in [-0.15, -0.1) is 0 Å². The van der Waals surface area contributed by atoms with Crippen LogP contribution >= 0.6 is 0 Å². The Morgan fingerprint density at radius 1 is 1.12 bits per heavy atom. The topological polar surface area (TPSA) is 66.8 Å². The molecular formula is C19H25NO4. The van der Waals surface area contributed by atoms with Crippen molar-refractivity contribution in [3.63, 3.8) is 0 Å². The number of likely N-dealkylation sites (tertiary alicyclic amines) is 1. The fourth-order valence-corrected chi connectivity index (χ4v) is 4.19. The van der Waals surface area contributed by atoms with Crippen LogP contribution in [0.2, 0.25) is 0 Å². The normalized spacial score (nSPS) is 23.0. The predicted molar refractivity (Wildman–Crippen MR) is 90.4 cm³/mol. The number of ether oxygens (including phenoxy) is 1. The number of carbonyl (C=O) groups excluding carboxylic acids is 1. The van der Waals surface area contributed by atoms with Crippen molar-refractivity contribution in [1.29, 1.82) is 0 Å². The van der Waals surface area contributed by atoms with E-state index in [0.29, 0.717) is 23.1 Å². The smallest absolute Gasteiger partial charge is 0.341 e. The highest BCUT2D eigenvalue weighted by Gasteiger charge is 2.36. The molecule has 2 atom stereocenters. The Hall–Kier alpha value is -2.04. The number of carboxylic acids is 1. The van der Waals surface area contributed by atoms with Gasteiger partial charge in [0.15, 0.2) is 6.61 Å². The van der Waals surface area contributed by atoms with E-state index in [1.807, 2.05) is 30.9 Å². The largest absolute Gasteiger partial charge is 0.481 e. The second-order valence-corrected chi connectivity index (χ2v) is 7.14. The fourth-order valence-electron chi connectivity index (χ4n) is 4.19. The van der Waals surface area contributed by atoms with Crippen LogP contribution in [0.25, 0.3) is 0 Å². The number of carboxylic acid groups (broad SMARTS) is 1. The molecule has 130 valence electrons. The van der Waals surface area contributed by atoms with Crippen LogP contribution in [0.3, 0.4) is 0 Å². The first-order chi connectivity index (χ1) is 11.5. The van der Waals surface area contributed by atoms with Gasteiger partial charge in [0.2, 0.25) is 0 Å². The summed E-state index contributed by atoms with van der Waals surface area (Å²) in [6.45, 7) is 5.08. The predicted octanol–water partition coefficient (Wildman–Crippen LogP) is 3.03. The monoisotopic (exact) mass is 331 g/mol. The lowest BCUT2D eigenvalue weighted by Gasteiger charge is -2.22. The van der Waals surface area contributed by atoms with Crippen molar-refractivity contribution in [2.75, 3.05) is 19.7 Å². The molecule has 1 aromatic carbocycles. The standard InChI is InChI=1S/C19H25NO4/c1-12-7-16(8-13(2)18(12)24-11-17(21)22)19(23)20-9-14-5-3-4-6-15(14)10-20/h7-8,14-15H,3-6,9-11H2,1-2H3,(H,21,22). The number of hydrogen-bond donors (Lipinski definition) is 1. The molecule has 1 aliphatic carbocycles. The first kappa shape index (κ1) is 16.8. The first-order valence-electron chi connectivity index (χ1n) is 8.71. The maximum absolute atomic E-state index is 12.9. The first-order valence-corrected chi connectivity index (χ1v) is 8.71. The SMILES string of the molecule is Cc1cc(C(=O)N2CC3CCCCC3C2)cc(C)c1OCC(=O)O. The van der Waals surface area contributed by atoms with E-state index in [4.69, 9.17) is 9.84 Å². The van der Waals surface area contributed by atoms with Gasteiger partial charge in [-0.1, -0.05) is 12.8 Å². The van der Waals surface area contributed by atoms with Crippen molar-refractivity contribution in [2.45, 2.75) is 39.5 Å². The summed E-state index contributed by atoms with van der Waals surface area (Å²) in [5.41, 5.74) is 2.28. The maximum atomic E-state index is 12.9. The molecule has 0 bridgehead atoms. The van der Waals surface area contributed by atoms with Gasteiger partial charge in [0.05, 0.1) is 0 Å². The average molecular weight is 331 g/mol. The molecule has 5 heteroatoms. The minimum Gasteiger partial charge on any atom is -0.481 e. The van der Waals surface area contributed by atoms with Crippen LogP contribution in [0.15, 0.2) is 12.1 Å². The molecule has 0 spiro atoms. The molecule has 24 heavy (non-hydrogen) atoms. The van der Waals surface area contributed by atoms with E-state index in [9.17, 15) is 9.59 Å². The van der Waals surface area contributed by atoms with Gasteiger partial charge >= 0.3 is 5.97 Å². The van der Waals surface area contributed by atoms with Crippen molar-refractivity contribution in [1.82, 2.24) is 4.90 Å². The molecule has 1 saturated heterocycles. The Morgan fingerprint density at radius 2 is 1.67 bits per heavy atom. The van der Waals surface area contributed by atoms with Crippen molar-refractivity contribution in [2.24, 2.45) is 11.8 Å². The number of nitrogens with zero attached hydrogens (tertiary/aromatic N) is 1. The number of rotatable bonds is 4. The molecule has 1 aliphatic heterocycles. The summed E-state index contributed by atoms with van der Waals surface area (Å²) in [5, 5.41) is 8.76. The third-order valence-electron chi connectivity index (χ3n) is 5.31.